The number of anilines is 1. The topological polar surface area (TPSA) is 112 Å². The van der Waals surface area contributed by atoms with E-state index < -0.39 is 0 Å². The molecule has 3 aromatic heterocycles. The average Bonchev–Trinajstić information content (AvgIpc) is 3.15. The molecule has 0 atom stereocenters. The molecule has 0 aliphatic heterocycles. The molecule has 0 radical (unpaired) electrons. The summed E-state index contributed by atoms with van der Waals surface area (Å²) in [5.74, 6) is 0.180. The van der Waals surface area contributed by atoms with Crippen molar-refractivity contribution in [2.45, 2.75) is 33.9 Å². The van der Waals surface area contributed by atoms with Crippen molar-refractivity contribution in [3.63, 3.8) is 0 Å². The third-order valence-electron chi connectivity index (χ3n) is 5.00. The lowest BCUT2D eigenvalue weighted by atomic mass is 10.1. The van der Waals surface area contributed by atoms with E-state index in [-0.39, 0.29) is 11.6 Å². The summed E-state index contributed by atoms with van der Waals surface area (Å²) in [6, 6.07) is 12.0. The Bertz CT molecular complexity index is 1220. The van der Waals surface area contributed by atoms with E-state index in [9.17, 15) is 4.79 Å². The van der Waals surface area contributed by atoms with Gasteiger partial charge in [-0.15, -0.1) is 5.10 Å². The van der Waals surface area contributed by atoms with Gasteiger partial charge in [0.2, 0.25) is 0 Å². The average molecular weight is 401 g/mol. The van der Waals surface area contributed by atoms with Gasteiger partial charge in [0.15, 0.2) is 5.69 Å². The summed E-state index contributed by atoms with van der Waals surface area (Å²) in [4.78, 5) is 21.4. The van der Waals surface area contributed by atoms with Crippen molar-refractivity contribution in [2.24, 2.45) is 0 Å². The van der Waals surface area contributed by atoms with Crippen molar-refractivity contribution < 1.29 is 4.79 Å². The van der Waals surface area contributed by atoms with Gasteiger partial charge in [-0.1, -0.05) is 23.4 Å². The predicted molar refractivity (Wildman–Crippen MR) is 115 cm³/mol. The Labute approximate surface area is 174 Å². The summed E-state index contributed by atoms with van der Waals surface area (Å²) in [5, 5.41) is 12.0. The van der Waals surface area contributed by atoms with E-state index in [0.29, 0.717) is 18.9 Å². The number of nitrogen functional groups attached to an aromatic ring is 1. The van der Waals surface area contributed by atoms with Gasteiger partial charge in [-0.25, -0.2) is 9.67 Å². The van der Waals surface area contributed by atoms with Crippen LogP contribution in [0, 0.1) is 20.8 Å². The maximum absolute atomic E-state index is 12.5. The van der Waals surface area contributed by atoms with Gasteiger partial charge < -0.3 is 11.1 Å². The first-order valence-electron chi connectivity index (χ1n) is 9.66. The molecule has 0 saturated heterocycles. The van der Waals surface area contributed by atoms with Crippen molar-refractivity contribution in [1.29, 1.82) is 0 Å². The maximum atomic E-state index is 12.5. The molecule has 0 bridgehead atoms. The standard InChI is InChI=1S/C22H23N7O/c1-13-4-5-16-6-7-17(26-19(16)8-13)11-29-12-20(27-28-29)22(30)24-10-18-14(2)9-21(23)25-15(18)3/h4-9,12H,10-11H2,1-3H3,(H2,23,25)(H,24,30). The van der Waals surface area contributed by atoms with Crippen LogP contribution in [0.15, 0.2) is 42.6 Å². The fourth-order valence-corrected chi connectivity index (χ4v) is 3.42. The van der Waals surface area contributed by atoms with Crippen LogP contribution in [0.1, 0.15) is 38.6 Å². The van der Waals surface area contributed by atoms with Gasteiger partial charge in [-0.3, -0.25) is 9.78 Å². The van der Waals surface area contributed by atoms with E-state index in [0.717, 1.165) is 39.0 Å². The zero-order chi connectivity index (χ0) is 21.3. The van der Waals surface area contributed by atoms with Crippen LogP contribution in [0.25, 0.3) is 10.9 Å². The maximum Gasteiger partial charge on any atom is 0.273 e. The number of carbonyl (C=O) groups excluding carboxylic acids is 1. The summed E-state index contributed by atoms with van der Waals surface area (Å²) in [6.07, 6.45) is 1.62. The molecular weight excluding hydrogens is 378 g/mol. The van der Waals surface area contributed by atoms with Gasteiger partial charge in [0.1, 0.15) is 5.82 Å². The van der Waals surface area contributed by atoms with Crippen LogP contribution in [0.5, 0.6) is 0 Å². The Morgan fingerprint density at radius 2 is 1.90 bits per heavy atom. The number of carbonyl (C=O) groups is 1. The van der Waals surface area contributed by atoms with Crippen molar-refractivity contribution in [2.75, 3.05) is 5.73 Å². The Balaban J connectivity index is 1.44. The second-order valence-electron chi connectivity index (χ2n) is 7.41. The summed E-state index contributed by atoms with van der Waals surface area (Å²) in [6.45, 7) is 6.64. The third kappa shape index (κ3) is 4.12. The predicted octanol–water partition coefficient (Wildman–Crippen LogP) is 2.71. The zero-order valence-corrected chi connectivity index (χ0v) is 17.2. The fourth-order valence-electron chi connectivity index (χ4n) is 3.42. The van der Waals surface area contributed by atoms with Gasteiger partial charge in [0.25, 0.3) is 5.91 Å². The molecular formula is C22H23N7O. The fraction of sp³-hybridized carbons (Fsp3) is 0.227. The Hall–Kier alpha value is -3.81. The summed E-state index contributed by atoms with van der Waals surface area (Å²) in [7, 11) is 0. The second-order valence-corrected chi connectivity index (χ2v) is 7.41. The van der Waals surface area contributed by atoms with Crippen LogP contribution >= 0.6 is 0 Å². The molecule has 1 amide bonds. The Morgan fingerprint density at radius 1 is 1.10 bits per heavy atom. The number of pyridine rings is 2. The van der Waals surface area contributed by atoms with Gasteiger partial charge >= 0.3 is 0 Å². The molecule has 4 rings (SSSR count). The molecule has 152 valence electrons. The van der Waals surface area contributed by atoms with Crippen LogP contribution in [-0.2, 0) is 13.1 Å². The molecule has 0 spiro atoms. The van der Waals surface area contributed by atoms with E-state index in [1.807, 2.05) is 32.9 Å². The number of rotatable bonds is 5. The largest absolute Gasteiger partial charge is 0.384 e. The molecule has 4 aromatic rings. The molecule has 0 aliphatic rings. The first-order valence-corrected chi connectivity index (χ1v) is 9.66. The highest BCUT2D eigenvalue weighted by Crippen LogP contribution is 2.16. The highest BCUT2D eigenvalue weighted by molar-refractivity contribution is 5.91. The highest BCUT2D eigenvalue weighted by Gasteiger charge is 2.13. The monoisotopic (exact) mass is 401 g/mol. The summed E-state index contributed by atoms with van der Waals surface area (Å²) >= 11 is 0. The lowest BCUT2D eigenvalue weighted by Crippen LogP contribution is -2.24. The lowest BCUT2D eigenvalue weighted by molar-refractivity contribution is 0.0945. The molecule has 8 heteroatoms. The molecule has 0 aliphatic carbocycles. The van der Waals surface area contributed by atoms with E-state index in [1.54, 1.807) is 16.9 Å². The van der Waals surface area contributed by atoms with E-state index in [4.69, 9.17) is 5.73 Å². The van der Waals surface area contributed by atoms with Gasteiger partial charge in [0.05, 0.1) is 24.0 Å². The van der Waals surface area contributed by atoms with Crippen molar-refractivity contribution in [1.82, 2.24) is 30.3 Å². The normalized spacial score (nSPS) is 11.0. The number of nitrogens with zero attached hydrogens (tertiary/aromatic N) is 5. The Morgan fingerprint density at radius 3 is 2.70 bits per heavy atom. The Kier molecular flexibility index (Phi) is 5.14. The quantitative estimate of drug-likeness (QED) is 0.532. The first-order chi connectivity index (χ1) is 14.4. The van der Waals surface area contributed by atoms with E-state index in [1.165, 1.54) is 0 Å². The minimum atomic E-state index is -0.293. The van der Waals surface area contributed by atoms with E-state index >= 15 is 0 Å². The molecule has 30 heavy (non-hydrogen) atoms. The number of aryl methyl sites for hydroxylation is 3. The summed E-state index contributed by atoms with van der Waals surface area (Å²) < 4.78 is 1.61. The van der Waals surface area contributed by atoms with Crippen LogP contribution in [0.4, 0.5) is 5.82 Å². The number of fused-ring (bicyclic) bond motifs is 1. The van der Waals surface area contributed by atoms with Crippen LogP contribution in [0.3, 0.4) is 0 Å². The molecule has 3 heterocycles. The first kappa shape index (κ1) is 19.5. The smallest absolute Gasteiger partial charge is 0.273 e. The van der Waals surface area contributed by atoms with Crippen molar-refractivity contribution >= 4 is 22.6 Å². The van der Waals surface area contributed by atoms with Crippen molar-refractivity contribution in [3.05, 3.63) is 76.4 Å². The summed E-state index contributed by atoms with van der Waals surface area (Å²) in [5.41, 5.74) is 11.7. The number of aromatic nitrogens is 5. The molecule has 3 N–H and O–H groups in total. The molecule has 0 saturated carbocycles. The minimum absolute atomic E-state index is 0.255. The van der Waals surface area contributed by atoms with Gasteiger partial charge in [0, 0.05) is 17.6 Å². The molecule has 1 aromatic carbocycles. The zero-order valence-electron chi connectivity index (χ0n) is 17.2. The molecule has 8 nitrogen and oxygen atoms in total. The van der Waals surface area contributed by atoms with Gasteiger partial charge in [-0.2, -0.15) is 0 Å². The number of hydrogen-bond donors (Lipinski definition) is 2. The van der Waals surface area contributed by atoms with Crippen molar-refractivity contribution in [3.8, 4) is 0 Å². The number of amides is 1. The number of nitrogens with two attached hydrogens (primary N) is 1. The number of benzene rings is 1. The molecule has 0 fully saturated rings. The lowest BCUT2D eigenvalue weighted by Gasteiger charge is -2.10. The van der Waals surface area contributed by atoms with Crippen LogP contribution in [0.2, 0.25) is 0 Å². The van der Waals surface area contributed by atoms with Crippen LogP contribution in [-0.4, -0.2) is 30.9 Å². The van der Waals surface area contributed by atoms with Gasteiger partial charge in [-0.05, 0) is 55.7 Å². The van der Waals surface area contributed by atoms with E-state index in [2.05, 4.69) is 43.8 Å². The number of hydrogen-bond acceptors (Lipinski definition) is 6. The van der Waals surface area contributed by atoms with Crippen LogP contribution < -0.4 is 11.1 Å². The highest BCUT2D eigenvalue weighted by atomic mass is 16.2. The third-order valence-corrected chi connectivity index (χ3v) is 5.00. The molecule has 0 unspecified atom stereocenters. The minimum Gasteiger partial charge on any atom is -0.384 e. The number of nitrogens with one attached hydrogen (secondary N) is 1. The second kappa shape index (κ2) is 7.90. The SMILES string of the molecule is Cc1ccc2ccc(Cn3cc(C(=O)NCc4c(C)cc(N)nc4C)nn3)nc2c1.